The van der Waals surface area contributed by atoms with Crippen LogP contribution >= 0.6 is 0 Å². The fourth-order valence-electron chi connectivity index (χ4n) is 4.13. The monoisotopic (exact) mass is 322 g/mol. The minimum Gasteiger partial charge on any atom is -0.449 e. The molecule has 1 saturated carbocycles. The Balaban J connectivity index is 1.37. The second kappa shape index (κ2) is 6.29. The summed E-state index contributed by atoms with van der Waals surface area (Å²) < 4.78 is 5.60. The number of hydrogen-bond donors (Lipinski definition) is 2. The van der Waals surface area contributed by atoms with Gasteiger partial charge in [-0.2, -0.15) is 0 Å². The maximum atomic E-state index is 12.1. The van der Waals surface area contributed by atoms with Gasteiger partial charge in [0.25, 0.3) is 0 Å². The van der Waals surface area contributed by atoms with Crippen molar-refractivity contribution in [2.45, 2.75) is 12.0 Å². The molecule has 24 heavy (non-hydrogen) atoms. The third-order valence-electron chi connectivity index (χ3n) is 5.46. The van der Waals surface area contributed by atoms with E-state index < -0.39 is 0 Å². The van der Waals surface area contributed by atoms with Crippen molar-refractivity contribution in [3.63, 3.8) is 0 Å². The van der Waals surface area contributed by atoms with Crippen LogP contribution in [0, 0.1) is 11.8 Å². The molecular formula is C20H22N2O2. The van der Waals surface area contributed by atoms with Gasteiger partial charge in [-0.05, 0) is 36.1 Å². The van der Waals surface area contributed by atoms with Crippen LogP contribution in [-0.4, -0.2) is 25.8 Å². The highest BCUT2D eigenvalue weighted by Crippen LogP contribution is 2.61. The number of rotatable bonds is 5. The van der Waals surface area contributed by atoms with E-state index in [0.29, 0.717) is 25.0 Å². The summed E-state index contributed by atoms with van der Waals surface area (Å²) in [4.78, 5) is 12.1. The third-order valence-corrected chi connectivity index (χ3v) is 5.46. The molecular weight excluding hydrogens is 300 g/mol. The quantitative estimate of drug-likeness (QED) is 0.890. The Morgan fingerprint density at radius 2 is 1.67 bits per heavy atom. The molecule has 2 aromatic rings. The molecule has 124 valence electrons. The van der Waals surface area contributed by atoms with Gasteiger partial charge in [0.05, 0.1) is 0 Å². The summed E-state index contributed by atoms with van der Waals surface area (Å²) in [6.07, 6.45) is -0.341. The minimum absolute atomic E-state index is 0.00338. The molecule has 2 aliphatic rings. The van der Waals surface area contributed by atoms with Gasteiger partial charge in [-0.3, -0.25) is 0 Å². The Hall–Kier alpha value is -2.33. The highest BCUT2D eigenvalue weighted by atomic mass is 16.5. The Kier molecular flexibility index (Phi) is 3.98. The zero-order valence-corrected chi connectivity index (χ0v) is 13.6. The summed E-state index contributed by atoms with van der Waals surface area (Å²) in [6, 6.07) is 20.3. The first-order valence-corrected chi connectivity index (χ1v) is 8.51. The molecule has 1 amide bonds. The first kappa shape index (κ1) is 15.2. The first-order chi connectivity index (χ1) is 11.8. The summed E-state index contributed by atoms with van der Waals surface area (Å²) >= 11 is 0. The van der Waals surface area contributed by atoms with Gasteiger partial charge in [0.2, 0.25) is 0 Å². The summed E-state index contributed by atoms with van der Waals surface area (Å²) in [7, 11) is 0. The number of piperidine rings is 1. The van der Waals surface area contributed by atoms with E-state index in [1.165, 1.54) is 5.56 Å². The van der Waals surface area contributed by atoms with E-state index in [0.717, 1.165) is 18.7 Å². The number of hydrogen-bond acceptors (Lipinski definition) is 3. The van der Waals surface area contributed by atoms with E-state index in [2.05, 4.69) is 34.9 Å². The lowest BCUT2D eigenvalue weighted by Crippen LogP contribution is -2.33. The lowest BCUT2D eigenvalue weighted by atomic mass is 9.91. The second-order valence-electron chi connectivity index (χ2n) is 6.69. The van der Waals surface area contributed by atoms with Crippen LogP contribution in [0.25, 0.3) is 0 Å². The molecule has 0 spiro atoms. The van der Waals surface area contributed by atoms with Crippen molar-refractivity contribution in [1.82, 2.24) is 10.6 Å². The predicted molar refractivity (Wildman–Crippen MR) is 92.6 cm³/mol. The lowest BCUT2D eigenvalue weighted by molar-refractivity contribution is 0.128. The van der Waals surface area contributed by atoms with Crippen LogP contribution in [0.2, 0.25) is 0 Å². The number of carbonyl (C=O) groups is 1. The van der Waals surface area contributed by atoms with Crippen molar-refractivity contribution >= 4 is 6.09 Å². The average Bonchev–Trinajstić information content (AvgIpc) is 2.99. The SMILES string of the molecule is O=C(NCc1ccccc1)OCC1(c2ccccc2)C2CNCC21. The maximum Gasteiger partial charge on any atom is 0.407 e. The second-order valence-corrected chi connectivity index (χ2v) is 6.69. The number of benzene rings is 2. The van der Waals surface area contributed by atoms with Gasteiger partial charge in [-0.15, -0.1) is 0 Å². The lowest BCUT2D eigenvalue weighted by Gasteiger charge is -2.22. The van der Waals surface area contributed by atoms with Crippen LogP contribution in [0.3, 0.4) is 0 Å². The van der Waals surface area contributed by atoms with Crippen molar-refractivity contribution in [3.8, 4) is 0 Å². The zero-order valence-electron chi connectivity index (χ0n) is 13.6. The molecule has 1 heterocycles. The Bertz CT molecular complexity index is 692. The van der Waals surface area contributed by atoms with E-state index in [4.69, 9.17) is 4.74 Å². The van der Waals surface area contributed by atoms with Crippen LogP contribution in [0.5, 0.6) is 0 Å². The number of nitrogens with one attached hydrogen (secondary N) is 2. The molecule has 4 nitrogen and oxygen atoms in total. The number of alkyl carbamates (subject to hydrolysis) is 1. The fraction of sp³-hybridized carbons (Fsp3) is 0.350. The van der Waals surface area contributed by atoms with Crippen molar-refractivity contribution in [3.05, 3.63) is 71.8 Å². The molecule has 1 aliphatic heterocycles. The van der Waals surface area contributed by atoms with Crippen molar-refractivity contribution < 1.29 is 9.53 Å². The van der Waals surface area contributed by atoms with E-state index in [9.17, 15) is 4.79 Å². The van der Waals surface area contributed by atoms with E-state index in [-0.39, 0.29) is 11.5 Å². The molecule has 2 atom stereocenters. The summed E-state index contributed by atoms with van der Waals surface area (Å²) in [5, 5.41) is 6.26. The Morgan fingerprint density at radius 3 is 2.33 bits per heavy atom. The molecule has 1 aliphatic carbocycles. The van der Waals surface area contributed by atoms with Crippen LogP contribution in [0.1, 0.15) is 11.1 Å². The molecule has 2 aromatic carbocycles. The summed E-state index contributed by atoms with van der Waals surface area (Å²) in [5.74, 6) is 1.14. The van der Waals surface area contributed by atoms with Gasteiger partial charge < -0.3 is 15.4 Å². The highest BCUT2D eigenvalue weighted by Gasteiger charge is 2.67. The Labute approximate surface area is 142 Å². The zero-order chi connectivity index (χ0) is 16.4. The van der Waals surface area contributed by atoms with E-state index in [1.54, 1.807) is 0 Å². The van der Waals surface area contributed by atoms with Crippen LogP contribution in [-0.2, 0) is 16.7 Å². The van der Waals surface area contributed by atoms with Crippen molar-refractivity contribution in [2.24, 2.45) is 11.8 Å². The molecule has 0 bridgehead atoms. The predicted octanol–water partition coefficient (Wildman–Crippen LogP) is 2.70. The fourth-order valence-corrected chi connectivity index (χ4v) is 4.13. The molecule has 1 saturated heterocycles. The normalized spacial score (nSPS) is 27.3. The minimum atomic E-state index is -0.341. The van der Waals surface area contributed by atoms with Crippen molar-refractivity contribution in [2.75, 3.05) is 19.7 Å². The van der Waals surface area contributed by atoms with Gasteiger partial charge in [-0.25, -0.2) is 4.79 Å². The molecule has 4 heteroatoms. The Morgan fingerprint density at radius 1 is 1.04 bits per heavy atom. The largest absolute Gasteiger partial charge is 0.449 e. The molecule has 2 fully saturated rings. The van der Waals surface area contributed by atoms with Crippen molar-refractivity contribution in [1.29, 1.82) is 0 Å². The van der Waals surface area contributed by atoms with Gasteiger partial charge in [0.15, 0.2) is 0 Å². The molecule has 0 aromatic heterocycles. The number of fused-ring (bicyclic) bond motifs is 1. The van der Waals surface area contributed by atoms with Crippen LogP contribution in [0.15, 0.2) is 60.7 Å². The molecule has 0 radical (unpaired) electrons. The van der Waals surface area contributed by atoms with E-state index in [1.807, 2.05) is 36.4 Å². The number of amides is 1. The van der Waals surface area contributed by atoms with Gasteiger partial charge in [0.1, 0.15) is 6.61 Å². The van der Waals surface area contributed by atoms with Gasteiger partial charge in [-0.1, -0.05) is 60.7 Å². The smallest absolute Gasteiger partial charge is 0.407 e. The van der Waals surface area contributed by atoms with Crippen LogP contribution < -0.4 is 10.6 Å². The maximum absolute atomic E-state index is 12.1. The summed E-state index contributed by atoms with van der Waals surface area (Å²) in [6.45, 7) is 2.96. The van der Waals surface area contributed by atoms with Gasteiger partial charge in [0, 0.05) is 12.0 Å². The number of carbonyl (C=O) groups excluding carboxylic acids is 1. The highest BCUT2D eigenvalue weighted by molar-refractivity contribution is 5.67. The number of ether oxygens (including phenoxy) is 1. The molecule has 2 N–H and O–H groups in total. The first-order valence-electron chi connectivity index (χ1n) is 8.51. The standard InChI is InChI=1S/C20H22N2O2/c23-19(22-11-15-7-3-1-4-8-15)24-14-20(16-9-5-2-6-10-16)17-12-21-13-18(17)20/h1-10,17-18,21H,11-14H2,(H,22,23). The third kappa shape index (κ3) is 2.67. The molecule has 4 rings (SSSR count). The average molecular weight is 322 g/mol. The van der Waals surface area contributed by atoms with E-state index >= 15 is 0 Å². The van der Waals surface area contributed by atoms with Gasteiger partial charge >= 0.3 is 6.09 Å². The van der Waals surface area contributed by atoms with Crippen LogP contribution in [0.4, 0.5) is 4.79 Å². The molecule has 2 unspecified atom stereocenters. The topological polar surface area (TPSA) is 50.4 Å². The summed E-state index contributed by atoms with van der Waals surface area (Å²) in [5.41, 5.74) is 2.36.